The first-order valence-electron chi connectivity index (χ1n) is 10.6. The molecule has 0 aromatic carbocycles. The van der Waals surface area contributed by atoms with E-state index < -0.39 is 5.91 Å². The minimum Gasteiger partial charge on any atom is -0.386 e. The Morgan fingerprint density at radius 1 is 1.26 bits per heavy atom. The number of nitrogens with one attached hydrogen (secondary N) is 3. The number of fused-ring (bicyclic) bond motifs is 1. The van der Waals surface area contributed by atoms with E-state index in [9.17, 15) is 9.59 Å². The van der Waals surface area contributed by atoms with E-state index in [1.165, 1.54) is 15.6 Å². The highest BCUT2D eigenvalue weighted by Gasteiger charge is 2.34. The number of anilines is 3. The summed E-state index contributed by atoms with van der Waals surface area (Å²) < 4.78 is 13.5. The molecular formula is C21H23N9O4. The van der Waals surface area contributed by atoms with Crippen LogP contribution in [0, 0.1) is 0 Å². The maximum absolute atomic E-state index is 13.0. The van der Waals surface area contributed by atoms with Gasteiger partial charge in [-0.1, -0.05) is 5.16 Å². The lowest BCUT2D eigenvalue weighted by molar-refractivity contribution is 0.00678. The molecule has 1 aliphatic carbocycles. The van der Waals surface area contributed by atoms with Crippen molar-refractivity contribution in [1.82, 2.24) is 34.8 Å². The van der Waals surface area contributed by atoms with Gasteiger partial charge in [0.25, 0.3) is 17.4 Å². The van der Waals surface area contributed by atoms with E-state index >= 15 is 0 Å². The molecule has 34 heavy (non-hydrogen) atoms. The van der Waals surface area contributed by atoms with Gasteiger partial charge in [-0.3, -0.25) is 14.3 Å². The quantitative estimate of drug-likeness (QED) is 0.363. The van der Waals surface area contributed by atoms with Gasteiger partial charge in [0.2, 0.25) is 5.76 Å². The molecule has 0 saturated heterocycles. The monoisotopic (exact) mass is 465 g/mol. The number of aromatic nitrogens is 6. The number of ether oxygens (including phenoxy) is 1. The van der Waals surface area contributed by atoms with E-state index in [0.717, 1.165) is 12.8 Å². The maximum Gasteiger partial charge on any atom is 0.292 e. The van der Waals surface area contributed by atoms with Crippen molar-refractivity contribution in [3.8, 4) is 5.95 Å². The summed E-state index contributed by atoms with van der Waals surface area (Å²) in [4.78, 5) is 34.5. The van der Waals surface area contributed by atoms with Gasteiger partial charge < -0.3 is 25.2 Å². The standard InChI is InChI=1S/C21H23N9O4/c1-22-13-9-15(24-12-5-4-8-30(20(12)32)21-23-10-29(2)27-21)26-17-16(13)28-34-18(17)19(31)25-11-6-7-14(11)33-3/h4-5,8-11,14,22H,6-7H2,1-3H3,(H,24,26)(H,25,31)/t11-,14-/m1/s1. The summed E-state index contributed by atoms with van der Waals surface area (Å²) in [6.45, 7) is 0. The summed E-state index contributed by atoms with van der Waals surface area (Å²) in [7, 11) is 5.05. The Morgan fingerprint density at radius 3 is 2.79 bits per heavy atom. The third-order valence-corrected chi connectivity index (χ3v) is 5.75. The van der Waals surface area contributed by atoms with Gasteiger partial charge in [0.1, 0.15) is 23.3 Å². The number of methoxy groups -OCH3 is 1. The van der Waals surface area contributed by atoms with E-state index in [1.807, 2.05) is 0 Å². The van der Waals surface area contributed by atoms with Crippen LogP contribution in [-0.4, -0.2) is 61.7 Å². The van der Waals surface area contributed by atoms with Crippen LogP contribution in [0.3, 0.4) is 0 Å². The van der Waals surface area contributed by atoms with E-state index in [-0.39, 0.29) is 40.6 Å². The second kappa shape index (κ2) is 8.59. The van der Waals surface area contributed by atoms with E-state index in [1.54, 1.807) is 45.6 Å². The topological polar surface area (TPSA) is 154 Å². The normalized spacial score (nSPS) is 17.4. The van der Waals surface area contributed by atoms with Crippen molar-refractivity contribution < 1.29 is 14.1 Å². The molecular weight excluding hydrogens is 442 g/mol. The van der Waals surface area contributed by atoms with Crippen molar-refractivity contribution in [2.24, 2.45) is 7.05 Å². The van der Waals surface area contributed by atoms with Gasteiger partial charge in [-0.2, -0.15) is 4.98 Å². The first-order chi connectivity index (χ1) is 16.5. The average molecular weight is 465 g/mol. The predicted octanol–water partition coefficient (Wildman–Crippen LogP) is 1.19. The number of amides is 1. The molecule has 4 heterocycles. The van der Waals surface area contributed by atoms with E-state index in [2.05, 4.69) is 36.2 Å². The van der Waals surface area contributed by atoms with Gasteiger partial charge in [0.05, 0.1) is 17.8 Å². The lowest BCUT2D eigenvalue weighted by Crippen LogP contribution is -2.51. The Morgan fingerprint density at radius 2 is 2.12 bits per heavy atom. The molecule has 176 valence electrons. The van der Waals surface area contributed by atoms with Gasteiger partial charge >= 0.3 is 0 Å². The average Bonchev–Trinajstić information content (AvgIpc) is 3.44. The zero-order chi connectivity index (χ0) is 23.8. The van der Waals surface area contributed by atoms with Crippen molar-refractivity contribution in [2.45, 2.75) is 25.0 Å². The van der Waals surface area contributed by atoms with Crippen LogP contribution in [0.4, 0.5) is 17.2 Å². The van der Waals surface area contributed by atoms with Crippen LogP contribution in [0.5, 0.6) is 0 Å². The summed E-state index contributed by atoms with van der Waals surface area (Å²) in [5.41, 5.74) is 1.14. The molecule has 1 aliphatic rings. The highest BCUT2D eigenvalue weighted by Crippen LogP contribution is 2.29. The Balaban J connectivity index is 1.48. The zero-order valence-electron chi connectivity index (χ0n) is 18.8. The number of carbonyl (C=O) groups excluding carboxylic acids is 1. The molecule has 0 aliphatic heterocycles. The third kappa shape index (κ3) is 3.75. The Labute approximate surface area is 193 Å². The summed E-state index contributed by atoms with van der Waals surface area (Å²) in [6.07, 6.45) is 4.77. The summed E-state index contributed by atoms with van der Waals surface area (Å²) >= 11 is 0. The fraction of sp³-hybridized carbons (Fsp3) is 0.333. The number of nitrogens with zero attached hydrogens (tertiary/aromatic N) is 6. The van der Waals surface area contributed by atoms with E-state index in [4.69, 9.17) is 9.26 Å². The third-order valence-electron chi connectivity index (χ3n) is 5.75. The first kappa shape index (κ1) is 21.6. The van der Waals surface area contributed by atoms with Crippen LogP contribution in [0.2, 0.25) is 0 Å². The molecule has 0 radical (unpaired) electrons. The largest absolute Gasteiger partial charge is 0.386 e. The Hall–Kier alpha value is -4.26. The van der Waals surface area contributed by atoms with Gasteiger partial charge in [0.15, 0.2) is 5.52 Å². The summed E-state index contributed by atoms with van der Waals surface area (Å²) in [5, 5.41) is 17.1. The molecule has 3 N–H and O–H groups in total. The molecule has 4 aromatic heterocycles. The number of rotatable bonds is 7. The van der Waals surface area contributed by atoms with Crippen molar-refractivity contribution in [2.75, 3.05) is 24.8 Å². The molecule has 1 saturated carbocycles. The van der Waals surface area contributed by atoms with Gasteiger partial charge in [0, 0.05) is 33.5 Å². The molecule has 13 heteroatoms. The minimum atomic E-state index is -0.427. The zero-order valence-corrected chi connectivity index (χ0v) is 18.8. The number of hydrogen-bond acceptors (Lipinski definition) is 10. The van der Waals surface area contributed by atoms with Crippen LogP contribution in [-0.2, 0) is 11.8 Å². The van der Waals surface area contributed by atoms with Gasteiger partial charge in [-0.15, -0.1) is 5.10 Å². The molecule has 0 unspecified atom stereocenters. The minimum absolute atomic E-state index is 0.0138. The Kier molecular flexibility index (Phi) is 5.45. The predicted molar refractivity (Wildman–Crippen MR) is 123 cm³/mol. The Bertz CT molecular complexity index is 1420. The lowest BCUT2D eigenvalue weighted by Gasteiger charge is -2.35. The molecule has 0 spiro atoms. The van der Waals surface area contributed by atoms with Gasteiger partial charge in [-0.25, -0.2) is 9.55 Å². The van der Waals surface area contributed by atoms with Crippen molar-refractivity contribution in [1.29, 1.82) is 0 Å². The van der Waals surface area contributed by atoms with Crippen LogP contribution in [0.15, 0.2) is 40.0 Å². The SMILES string of the molecule is CNc1cc(Nc2cccn(-c3ncn(C)n3)c2=O)nc2c(C(=O)N[C@@H]3CC[C@H]3OC)onc12. The molecule has 0 bridgehead atoms. The molecule has 1 amide bonds. The number of carbonyl (C=O) groups is 1. The smallest absolute Gasteiger partial charge is 0.292 e. The molecule has 5 rings (SSSR count). The highest BCUT2D eigenvalue weighted by atomic mass is 16.5. The maximum atomic E-state index is 13.0. The van der Waals surface area contributed by atoms with Crippen LogP contribution < -0.4 is 21.5 Å². The molecule has 1 fully saturated rings. The molecule has 4 aromatic rings. The second-order valence-electron chi connectivity index (χ2n) is 7.89. The van der Waals surface area contributed by atoms with Crippen LogP contribution in [0.25, 0.3) is 17.0 Å². The summed E-state index contributed by atoms with van der Waals surface area (Å²) in [6, 6.07) is 4.90. The van der Waals surface area contributed by atoms with Crippen molar-refractivity contribution >= 4 is 34.1 Å². The first-order valence-corrected chi connectivity index (χ1v) is 10.6. The van der Waals surface area contributed by atoms with Gasteiger partial charge in [-0.05, 0) is 25.0 Å². The molecule has 13 nitrogen and oxygen atoms in total. The van der Waals surface area contributed by atoms with Crippen molar-refractivity contribution in [3.05, 3.63) is 46.8 Å². The molecule has 2 atom stereocenters. The fourth-order valence-corrected chi connectivity index (χ4v) is 3.80. The second-order valence-corrected chi connectivity index (χ2v) is 7.89. The number of pyridine rings is 2. The van der Waals surface area contributed by atoms with Crippen LogP contribution in [0.1, 0.15) is 23.4 Å². The lowest BCUT2D eigenvalue weighted by atomic mass is 9.89. The summed E-state index contributed by atoms with van der Waals surface area (Å²) in [5.74, 6) is 0.138. The number of hydrogen-bond donors (Lipinski definition) is 3. The fourth-order valence-electron chi connectivity index (χ4n) is 3.80. The highest BCUT2D eigenvalue weighted by molar-refractivity contribution is 6.05. The van der Waals surface area contributed by atoms with Crippen LogP contribution >= 0.6 is 0 Å². The van der Waals surface area contributed by atoms with Crippen molar-refractivity contribution in [3.63, 3.8) is 0 Å². The number of aryl methyl sites for hydroxylation is 1. The van der Waals surface area contributed by atoms with E-state index in [0.29, 0.717) is 17.0 Å².